The molecule has 0 aliphatic heterocycles. The smallest absolute Gasteiger partial charge is 0.315 e. The molecule has 0 spiro atoms. The maximum atomic E-state index is 12.5. The summed E-state index contributed by atoms with van der Waals surface area (Å²) >= 11 is 1.75. The van der Waals surface area contributed by atoms with Gasteiger partial charge in [-0.05, 0) is 79.9 Å². The molecule has 3 N–H and O–H groups in total. The first-order valence-corrected chi connectivity index (χ1v) is 11.2. The second-order valence-electron chi connectivity index (χ2n) is 8.22. The van der Waals surface area contributed by atoms with Crippen LogP contribution in [0.5, 0.6) is 5.75 Å². The summed E-state index contributed by atoms with van der Waals surface area (Å²) in [5, 5.41) is 19.0. The van der Waals surface area contributed by atoms with Crippen molar-refractivity contribution in [1.82, 2.24) is 15.5 Å². The quantitative estimate of drug-likeness (QED) is 0.480. The van der Waals surface area contributed by atoms with E-state index in [0.717, 1.165) is 24.9 Å². The maximum Gasteiger partial charge on any atom is 0.315 e. The van der Waals surface area contributed by atoms with Crippen LogP contribution in [0, 0.1) is 5.92 Å². The molecule has 30 heavy (non-hydrogen) atoms. The molecule has 3 aromatic rings. The molecule has 1 heterocycles. The second kappa shape index (κ2) is 10.5. The van der Waals surface area contributed by atoms with E-state index >= 15 is 0 Å². The lowest BCUT2D eigenvalue weighted by Gasteiger charge is -2.22. The Morgan fingerprint density at radius 2 is 1.83 bits per heavy atom. The minimum atomic E-state index is -0.128. The van der Waals surface area contributed by atoms with Gasteiger partial charge in [-0.25, -0.2) is 4.79 Å². The second-order valence-corrected chi connectivity index (χ2v) is 9.13. The Hall–Kier alpha value is -2.57. The third kappa shape index (κ3) is 6.47. The maximum absolute atomic E-state index is 12.5. The summed E-state index contributed by atoms with van der Waals surface area (Å²) in [6, 6.07) is 15.6. The average molecular weight is 426 g/mol. The molecule has 2 atom stereocenters. The van der Waals surface area contributed by atoms with Crippen molar-refractivity contribution in [2.24, 2.45) is 5.92 Å². The highest BCUT2D eigenvalue weighted by Crippen LogP contribution is 2.26. The van der Waals surface area contributed by atoms with Crippen molar-refractivity contribution in [3.63, 3.8) is 0 Å². The molecule has 0 fully saturated rings. The number of rotatable bonds is 9. The van der Waals surface area contributed by atoms with Crippen LogP contribution < -0.4 is 10.6 Å². The van der Waals surface area contributed by atoms with E-state index in [-0.39, 0.29) is 23.7 Å². The number of urea groups is 1. The normalized spacial score (nSPS) is 13.3. The molecule has 160 valence electrons. The van der Waals surface area contributed by atoms with Gasteiger partial charge in [-0.15, -0.1) is 11.3 Å². The number of fused-ring (bicyclic) bond motifs is 1. The lowest BCUT2D eigenvalue weighted by Crippen LogP contribution is -2.44. The van der Waals surface area contributed by atoms with Crippen LogP contribution in [0.1, 0.15) is 18.1 Å². The molecule has 0 saturated heterocycles. The van der Waals surface area contributed by atoms with Gasteiger partial charge in [-0.2, -0.15) is 0 Å². The van der Waals surface area contributed by atoms with Gasteiger partial charge in [0.2, 0.25) is 0 Å². The first kappa shape index (κ1) is 22.1. The number of nitrogens with one attached hydrogen (secondary N) is 2. The Morgan fingerprint density at radius 1 is 1.10 bits per heavy atom. The van der Waals surface area contributed by atoms with Crippen molar-refractivity contribution < 1.29 is 9.90 Å². The predicted octanol–water partition coefficient (Wildman–Crippen LogP) is 4.26. The van der Waals surface area contributed by atoms with Gasteiger partial charge in [-0.1, -0.05) is 30.3 Å². The fraction of sp³-hybridized carbons (Fsp3) is 0.375. The number of aromatic hydroxyl groups is 1. The van der Waals surface area contributed by atoms with E-state index in [1.165, 1.54) is 15.6 Å². The summed E-state index contributed by atoms with van der Waals surface area (Å²) in [7, 11) is 4.08. The van der Waals surface area contributed by atoms with Crippen LogP contribution >= 0.6 is 11.3 Å². The lowest BCUT2D eigenvalue weighted by molar-refractivity contribution is 0.233. The van der Waals surface area contributed by atoms with Crippen LogP contribution in [0.25, 0.3) is 10.1 Å². The van der Waals surface area contributed by atoms with Crippen LogP contribution in [0.3, 0.4) is 0 Å². The van der Waals surface area contributed by atoms with Crippen molar-refractivity contribution in [2.75, 3.05) is 27.2 Å². The summed E-state index contributed by atoms with van der Waals surface area (Å²) in [5.41, 5.74) is 2.43. The number of phenols is 1. The summed E-state index contributed by atoms with van der Waals surface area (Å²) < 4.78 is 1.28. The summed E-state index contributed by atoms with van der Waals surface area (Å²) in [6.07, 6.45) is 1.65. The Labute approximate surface area is 182 Å². The van der Waals surface area contributed by atoms with Gasteiger partial charge in [-0.3, -0.25) is 0 Å². The zero-order valence-electron chi connectivity index (χ0n) is 17.9. The molecule has 1 aromatic heterocycles. The average Bonchev–Trinajstić information content (AvgIpc) is 3.10. The number of carbonyl (C=O) groups excluding carboxylic acids is 1. The highest BCUT2D eigenvalue weighted by atomic mass is 32.1. The van der Waals surface area contributed by atoms with Crippen molar-refractivity contribution in [3.05, 3.63) is 65.0 Å². The van der Waals surface area contributed by atoms with E-state index in [1.54, 1.807) is 23.5 Å². The zero-order valence-corrected chi connectivity index (χ0v) is 18.7. The molecule has 0 saturated carbocycles. The molecule has 2 amide bonds. The van der Waals surface area contributed by atoms with E-state index in [9.17, 15) is 9.90 Å². The first-order chi connectivity index (χ1) is 14.4. The minimum Gasteiger partial charge on any atom is -0.508 e. The predicted molar refractivity (Wildman–Crippen MR) is 125 cm³/mol. The lowest BCUT2D eigenvalue weighted by atomic mass is 9.98. The van der Waals surface area contributed by atoms with Crippen molar-refractivity contribution in [3.8, 4) is 5.75 Å². The van der Waals surface area contributed by atoms with Gasteiger partial charge in [0.15, 0.2) is 0 Å². The zero-order chi connectivity index (χ0) is 21.5. The molecule has 2 aromatic carbocycles. The van der Waals surface area contributed by atoms with Gasteiger partial charge < -0.3 is 20.6 Å². The van der Waals surface area contributed by atoms with Gasteiger partial charge in [0, 0.05) is 23.8 Å². The number of hydrogen-bond acceptors (Lipinski definition) is 4. The summed E-state index contributed by atoms with van der Waals surface area (Å²) in [5.74, 6) is 0.555. The van der Waals surface area contributed by atoms with E-state index in [4.69, 9.17) is 0 Å². The third-order valence-corrected chi connectivity index (χ3v) is 6.11. The summed E-state index contributed by atoms with van der Waals surface area (Å²) in [6.45, 7) is 3.51. The molecular formula is C24H31N3O2S. The molecule has 3 rings (SSSR count). The van der Waals surface area contributed by atoms with Gasteiger partial charge in [0.05, 0.1) is 0 Å². The van der Waals surface area contributed by atoms with Gasteiger partial charge >= 0.3 is 6.03 Å². The topological polar surface area (TPSA) is 64.6 Å². The Bertz CT molecular complexity index is 952. The highest BCUT2D eigenvalue weighted by Gasteiger charge is 2.15. The fourth-order valence-electron chi connectivity index (χ4n) is 3.77. The van der Waals surface area contributed by atoms with E-state index in [1.807, 2.05) is 33.2 Å². The van der Waals surface area contributed by atoms with Crippen LogP contribution in [-0.4, -0.2) is 49.3 Å². The monoisotopic (exact) mass is 425 g/mol. The number of carbonyl (C=O) groups is 1. The van der Waals surface area contributed by atoms with Crippen LogP contribution in [-0.2, 0) is 12.8 Å². The van der Waals surface area contributed by atoms with Crippen molar-refractivity contribution >= 4 is 27.5 Å². The summed E-state index contributed by atoms with van der Waals surface area (Å²) in [4.78, 5) is 14.6. The molecule has 0 bridgehead atoms. The molecule has 0 aliphatic carbocycles. The fourth-order valence-corrected chi connectivity index (χ4v) is 4.74. The van der Waals surface area contributed by atoms with Crippen LogP contribution in [0.4, 0.5) is 4.79 Å². The third-order valence-electron chi connectivity index (χ3n) is 5.10. The molecular weight excluding hydrogens is 394 g/mol. The van der Waals surface area contributed by atoms with Crippen molar-refractivity contribution in [2.45, 2.75) is 25.8 Å². The van der Waals surface area contributed by atoms with Crippen molar-refractivity contribution in [1.29, 1.82) is 0 Å². The molecule has 6 heteroatoms. The van der Waals surface area contributed by atoms with Crippen LogP contribution in [0.15, 0.2) is 53.9 Å². The number of nitrogens with zero attached hydrogens (tertiary/aromatic N) is 1. The molecule has 1 unspecified atom stereocenters. The highest BCUT2D eigenvalue weighted by molar-refractivity contribution is 7.17. The minimum absolute atomic E-state index is 0.0485. The number of benzene rings is 2. The Balaban J connectivity index is 1.50. The largest absolute Gasteiger partial charge is 0.508 e. The van der Waals surface area contributed by atoms with E-state index in [0.29, 0.717) is 6.54 Å². The van der Waals surface area contributed by atoms with Crippen LogP contribution in [0.2, 0.25) is 0 Å². The Morgan fingerprint density at radius 3 is 2.57 bits per heavy atom. The standard InChI is InChI=1S/C24H31N3O2S/c1-17(12-20-16-30-23-7-5-4-6-22(20)23)26-24(29)25-14-19(15-27(2)3)13-18-8-10-21(28)11-9-18/h4-11,16-17,19,28H,12-15H2,1-3H3,(H2,25,26,29)/t17-,19?/m0/s1. The van der Waals surface area contributed by atoms with E-state index in [2.05, 4.69) is 45.2 Å². The molecule has 0 radical (unpaired) electrons. The van der Waals surface area contributed by atoms with Gasteiger partial charge in [0.25, 0.3) is 0 Å². The molecule has 0 aliphatic rings. The van der Waals surface area contributed by atoms with Gasteiger partial charge in [0.1, 0.15) is 5.75 Å². The van der Waals surface area contributed by atoms with E-state index < -0.39 is 0 Å². The number of amides is 2. The SMILES string of the molecule is C[C@@H](Cc1csc2ccccc12)NC(=O)NCC(Cc1ccc(O)cc1)CN(C)C. The number of hydrogen-bond donors (Lipinski definition) is 3. The molecule has 5 nitrogen and oxygen atoms in total. The Kier molecular flexibility index (Phi) is 7.71. The number of thiophene rings is 1. The first-order valence-electron chi connectivity index (χ1n) is 10.3. The number of phenolic OH excluding ortho intramolecular Hbond substituents is 1.